The zero-order valence-corrected chi connectivity index (χ0v) is 19.4. The largest absolute Gasteiger partial charge is 0.478 e. The minimum absolute atomic E-state index is 0.0374. The number of amides is 3. The SMILES string of the molecule is O=C(CN1C(=O)SC(=Cc2ccc(-c3cc(C(=O)O)ccc3Cl)o2)C1=O)Nc1ccc(Cl)cc1. The van der Waals surface area contributed by atoms with Crippen molar-refractivity contribution in [3.63, 3.8) is 0 Å². The summed E-state index contributed by atoms with van der Waals surface area (Å²) in [6, 6.07) is 13.7. The second kappa shape index (κ2) is 9.76. The molecule has 3 amide bonds. The number of hydrogen-bond donors (Lipinski definition) is 2. The Labute approximate surface area is 207 Å². The smallest absolute Gasteiger partial charge is 0.335 e. The maximum absolute atomic E-state index is 12.7. The molecule has 8 nitrogen and oxygen atoms in total. The molecule has 2 aromatic carbocycles. The monoisotopic (exact) mass is 516 g/mol. The van der Waals surface area contributed by atoms with E-state index in [4.69, 9.17) is 27.6 Å². The van der Waals surface area contributed by atoms with Gasteiger partial charge in [-0.1, -0.05) is 23.2 Å². The first-order valence-corrected chi connectivity index (χ1v) is 11.2. The lowest BCUT2D eigenvalue weighted by molar-refractivity contribution is -0.127. The highest BCUT2D eigenvalue weighted by Crippen LogP contribution is 2.35. The number of rotatable bonds is 6. The van der Waals surface area contributed by atoms with E-state index in [1.165, 1.54) is 24.3 Å². The van der Waals surface area contributed by atoms with Crippen LogP contribution in [0.1, 0.15) is 16.1 Å². The molecule has 1 saturated heterocycles. The van der Waals surface area contributed by atoms with Gasteiger partial charge < -0.3 is 14.8 Å². The third kappa shape index (κ3) is 5.17. The number of anilines is 1. The molecule has 3 aromatic rings. The molecular formula is C23H14Cl2N2O6S. The summed E-state index contributed by atoms with van der Waals surface area (Å²) in [7, 11) is 0. The fourth-order valence-electron chi connectivity index (χ4n) is 3.07. The van der Waals surface area contributed by atoms with Crippen LogP contribution in [0.2, 0.25) is 10.0 Å². The number of carboxylic acids is 1. The summed E-state index contributed by atoms with van der Waals surface area (Å²) < 4.78 is 5.70. The number of hydrogen-bond acceptors (Lipinski definition) is 6. The van der Waals surface area contributed by atoms with Crippen LogP contribution >= 0.6 is 35.0 Å². The van der Waals surface area contributed by atoms with Gasteiger partial charge in [-0.25, -0.2) is 4.79 Å². The van der Waals surface area contributed by atoms with Gasteiger partial charge >= 0.3 is 5.97 Å². The Morgan fingerprint density at radius 1 is 1.06 bits per heavy atom. The van der Waals surface area contributed by atoms with Crippen LogP contribution in [0.3, 0.4) is 0 Å². The van der Waals surface area contributed by atoms with E-state index in [0.29, 0.717) is 33.8 Å². The van der Waals surface area contributed by atoms with E-state index in [9.17, 15) is 24.3 Å². The van der Waals surface area contributed by atoms with Crippen molar-refractivity contribution >= 4 is 69.8 Å². The quantitative estimate of drug-likeness (QED) is 0.407. The number of nitrogens with zero attached hydrogens (tertiary/aromatic N) is 1. The van der Waals surface area contributed by atoms with Crippen LogP contribution in [0.15, 0.2) is 63.9 Å². The van der Waals surface area contributed by atoms with Gasteiger partial charge in [0.2, 0.25) is 5.91 Å². The van der Waals surface area contributed by atoms with Crippen LogP contribution in [-0.2, 0) is 9.59 Å². The molecule has 34 heavy (non-hydrogen) atoms. The normalized spacial score (nSPS) is 14.6. The summed E-state index contributed by atoms with van der Waals surface area (Å²) in [5, 5.41) is 12.0. The van der Waals surface area contributed by atoms with Gasteiger partial charge in [0.1, 0.15) is 18.1 Å². The summed E-state index contributed by atoms with van der Waals surface area (Å²) in [6.07, 6.45) is 1.38. The molecule has 0 bridgehead atoms. The first-order valence-electron chi connectivity index (χ1n) is 9.65. The highest BCUT2D eigenvalue weighted by atomic mass is 35.5. The van der Waals surface area contributed by atoms with Crippen molar-refractivity contribution in [1.29, 1.82) is 0 Å². The number of nitrogens with one attached hydrogen (secondary N) is 1. The molecule has 0 atom stereocenters. The van der Waals surface area contributed by atoms with Gasteiger partial charge in [-0.3, -0.25) is 19.3 Å². The van der Waals surface area contributed by atoms with E-state index < -0.39 is 29.6 Å². The van der Waals surface area contributed by atoms with Crippen LogP contribution in [0.25, 0.3) is 17.4 Å². The molecule has 0 spiro atoms. The highest BCUT2D eigenvalue weighted by molar-refractivity contribution is 8.18. The third-order valence-corrected chi connectivity index (χ3v) is 6.17. The molecule has 1 aromatic heterocycles. The maximum atomic E-state index is 12.7. The lowest BCUT2D eigenvalue weighted by atomic mass is 10.1. The zero-order chi connectivity index (χ0) is 24.4. The van der Waals surface area contributed by atoms with Crippen LogP contribution in [0.5, 0.6) is 0 Å². The van der Waals surface area contributed by atoms with Crippen LogP contribution in [0, 0.1) is 0 Å². The average molecular weight is 517 g/mol. The number of carboxylic acid groups (broad SMARTS) is 1. The second-order valence-electron chi connectivity index (χ2n) is 7.02. The molecular weight excluding hydrogens is 503 g/mol. The summed E-state index contributed by atoms with van der Waals surface area (Å²) in [4.78, 5) is 49.4. The highest BCUT2D eigenvalue weighted by Gasteiger charge is 2.36. The van der Waals surface area contributed by atoms with Gasteiger partial charge in [0.05, 0.1) is 15.5 Å². The van der Waals surface area contributed by atoms with Gasteiger partial charge in [-0.15, -0.1) is 0 Å². The van der Waals surface area contributed by atoms with E-state index in [-0.39, 0.29) is 21.3 Å². The fraction of sp³-hybridized carbons (Fsp3) is 0.0435. The number of halogens is 2. The molecule has 2 heterocycles. The Hall–Kier alpha value is -3.53. The van der Waals surface area contributed by atoms with Crippen molar-refractivity contribution in [3.05, 3.63) is 80.9 Å². The second-order valence-corrected chi connectivity index (χ2v) is 8.86. The van der Waals surface area contributed by atoms with Gasteiger partial charge in [-0.2, -0.15) is 0 Å². The van der Waals surface area contributed by atoms with Gasteiger partial charge in [-0.05, 0) is 66.4 Å². The fourth-order valence-corrected chi connectivity index (χ4v) is 4.22. The van der Waals surface area contributed by atoms with Crippen molar-refractivity contribution in [2.45, 2.75) is 0 Å². The topological polar surface area (TPSA) is 117 Å². The summed E-state index contributed by atoms with van der Waals surface area (Å²) >= 11 is 12.7. The third-order valence-electron chi connectivity index (χ3n) is 4.68. The minimum Gasteiger partial charge on any atom is -0.478 e. The van der Waals surface area contributed by atoms with E-state index in [2.05, 4.69) is 5.32 Å². The molecule has 4 rings (SSSR count). The number of benzene rings is 2. The number of carbonyl (C=O) groups is 4. The number of imide groups is 1. The average Bonchev–Trinajstić information content (AvgIpc) is 3.35. The van der Waals surface area contributed by atoms with Crippen molar-refractivity contribution in [2.24, 2.45) is 0 Å². The Balaban J connectivity index is 1.48. The van der Waals surface area contributed by atoms with Crippen LogP contribution < -0.4 is 5.32 Å². The van der Waals surface area contributed by atoms with Crippen molar-refractivity contribution in [1.82, 2.24) is 4.90 Å². The lowest BCUT2D eigenvalue weighted by Crippen LogP contribution is -2.36. The molecule has 1 fully saturated rings. The minimum atomic E-state index is -1.11. The first-order chi connectivity index (χ1) is 16.2. The summed E-state index contributed by atoms with van der Waals surface area (Å²) in [6.45, 7) is -0.453. The van der Waals surface area contributed by atoms with E-state index in [0.717, 1.165) is 4.90 Å². The van der Waals surface area contributed by atoms with Crippen molar-refractivity contribution in [2.75, 3.05) is 11.9 Å². The molecule has 0 radical (unpaired) electrons. The molecule has 2 N–H and O–H groups in total. The van der Waals surface area contributed by atoms with Crippen LogP contribution in [0.4, 0.5) is 10.5 Å². The number of carbonyl (C=O) groups excluding carboxylic acids is 3. The number of furan rings is 1. The molecule has 1 aliphatic heterocycles. The van der Waals surface area contributed by atoms with Gasteiger partial charge in [0.25, 0.3) is 11.1 Å². The first kappa shape index (κ1) is 23.6. The summed E-state index contributed by atoms with van der Waals surface area (Å²) in [5.41, 5.74) is 0.884. The van der Waals surface area contributed by atoms with Crippen molar-refractivity contribution in [3.8, 4) is 11.3 Å². The molecule has 0 unspecified atom stereocenters. The summed E-state index contributed by atoms with van der Waals surface area (Å²) in [5.74, 6) is -1.74. The predicted molar refractivity (Wildman–Crippen MR) is 129 cm³/mol. The molecule has 0 aliphatic carbocycles. The predicted octanol–water partition coefficient (Wildman–Crippen LogP) is 5.63. The zero-order valence-electron chi connectivity index (χ0n) is 17.1. The Bertz CT molecular complexity index is 1350. The molecule has 0 saturated carbocycles. The number of aromatic carboxylic acids is 1. The molecule has 172 valence electrons. The number of thioether (sulfide) groups is 1. The Morgan fingerprint density at radius 2 is 1.79 bits per heavy atom. The molecule has 1 aliphatic rings. The standard InChI is InChI=1S/C23H14Cl2N2O6S/c24-13-2-4-14(5-3-13)26-20(28)11-27-21(29)19(34-23(27)32)10-15-6-8-18(33-15)16-9-12(22(30)31)1-7-17(16)25/h1-10H,11H2,(H,26,28)(H,30,31). The Morgan fingerprint density at radius 3 is 2.50 bits per heavy atom. The van der Waals surface area contributed by atoms with E-state index in [1.807, 2.05) is 0 Å². The Kier molecular flexibility index (Phi) is 6.78. The van der Waals surface area contributed by atoms with Crippen LogP contribution in [-0.4, -0.2) is 39.6 Å². The van der Waals surface area contributed by atoms with E-state index in [1.54, 1.807) is 36.4 Å². The van der Waals surface area contributed by atoms with Gasteiger partial charge in [0, 0.05) is 22.3 Å². The van der Waals surface area contributed by atoms with Gasteiger partial charge in [0.15, 0.2) is 0 Å². The lowest BCUT2D eigenvalue weighted by Gasteiger charge is -2.12. The van der Waals surface area contributed by atoms with Crippen molar-refractivity contribution < 1.29 is 28.7 Å². The maximum Gasteiger partial charge on any atom is 0.335 e. The van der Waals surface area contributed by atoms with E-state index >= 15 is 0 Å². The molecule has 11 heteroatoms.